The second-order valence-electron chi connectivity index (χ2n) is 6.38. The maximum atomic E-state index is 11.6. The Balaban J connectivity index is 1.59. The molecule has 156 valence electrons. The lowest BCUT2D eigenvalue weighted by Gasteiger charge is -2.06. The maximum Gasteiger partial charge on any atom is 0.261 e. The first-order chi connectivity index (χ1) is 14.8. The van der Waals surface area contributed by atoms with Gasteiger partial charge in [-0.15, -0.1) is 0 Å². The topological polar surface area (TPSA) is 143 Å². The molecule has 0 amide bonds. The summed E-state index contributed by atoms with van der Waals surface area (Å²) < 4.78 is 35.8. The number of aromatic nitrogens is 5. The van der Waals surface area contributed by atoms with Crippen LogP contribution in [-0.4, -0.2) is 33.3 Å². The Hall–Kier alpha value is -4.08. The zero-order chi connectivity index (χ0) is 22.0. The highest BCUT2D eigenvalue weighted by Gasteiger charge is 2.19. The highest BCUT2D eigenvalue weighted by molar-refractivity contribution is 7.89. The number of ether oxygens (including phenoxy) is 1. The summed E-state index contributed by atoms with van der Waals surface area (Å²) in [5, 5.41) is 13.3. The van der Waals surface area contributed by atoms with Crippen LogP contribution in [0.25, 0.3) is 27.7 Å². The van der Waals surface area contributed by atoms with E-state index in [1.54, 1.807) is 42.2 Å². The number of sulfonamides is 1. The Morgan fingerprint density at radius 1 is 1.26 bits per heavy atom. The van der Waals surface area contributed by atoms with E-state index in [4.69, 9.17) is 21.0 Å². The van der Waals surface area contributed by atoms with Crippen LogP contribution >= 0.6 is 0 Å². The lowest BCUT2D eigenvalue weighted by molar-refractivity contribution is 0.283. The zero-order valence-corrected chi connectivity index (χ0v) is 16.9. The van der Waals surface area contributed by atoms with E-state index in [1.165, 1.54) is 18.3 Å². The lowest BCUT2D eigenvalue weighted by atomic mass is 10.2. The van der Waals surface area contributed by atoms with Crippen LogP contribution in [0.4, 0.5) is 5.69 Å². The van der Waals surface area contributed by atoms with Crippen molar-refractivity contribution in [1.82, 2.24) is 24.9 Å². The zero-order valence-electron chi connectivity index (χ0n) is 16.1. The van der Waals surface area contributed by atoms with Crippen molar-refractivity contribution >= 4 is 15.7 Å². The fourth-order valence-corrected chi connectivity index (χ4v) is 3.30. The molecular formula is C19H15N7O4S. The Morgan fingerprint density at radius 3 is 2.81 bits per heavy atom. The van der Waals surface area contributed by atoms with Crippen molar-refractivity contribution in [3.63, 3.8) is 0 Å². The average Bonchev–Trinajstić information content (AvgIpc) is 3.39. The third-order valence-corrected chi connectivity index (χ3v) is 5.26. The van der Waals surface area contributed by atoms with E-state index in [1.807, 2.05) is 0 Å². The van der Waals surface area contributed by atoms with Crippen molar-refractivity contribution in [3.8, 4) is 28.7 Å². The lowest BCUT2D eigenvalue weighted by Crippen LogP contribution is -2.11. The summed E-state index contributed by atoms with van der Waals surface area (Å²) in [5.74, 6) is 0.747. The van der Waals surface area contributed by atoms with Crippen molar-refractivity contribution in [3.05, 3.63) is 65.9 Å². The Bertz CT molecular complexity index is 1390. The fourth-order valence-electron chi connectivity index (χ4n) is 2.74. The molecule has 4 aromatic rings. The molecule has 0 saturated carbocycles. The molecule has 0 aliphatic heterocycles. The molecule has 0 aliphatic carbocycles. The van der Waals surface area contributed by atoms with Crippen LogP contribution in [0.3, 0.4) is 0 Å². The predicted octanol–water partition coefficient (Wildman–Crippen LogP) is 2.31. The van der Waals surface area contributed by atoms with Gasteiger partial charge in [0, 0.05) is 18.8 Å². The van der Waals surface area contributed by atoms with Crippen LogP contribution in [0.5, 0.6) is 5.88 Å². The van der Waals surface area contributed by atoms with Gasteiger partial charge in [-0.1, -0.05) is 17.3 Å². The van der Waals surface area contributed by atoms with E-state index in [-0.39, 0.29) is 23.2 Å². The normalized spacial score (nSPS) is 11.3. The van der Waals surface area contributed by atoms with Crippen molar-refractivity contribution in [1.29, 1.82) is 0 Å². The van der Waals surface area contributed by atoms with Crippen molar-refractivity contribution < 1.29 is 17.7 Å². The standard InChI is InChI=1S/C19H15N7O4S/c1-21-13-6-7-17(22-9-13)29-11-16-15(10-23-26(16)2)19-24-18(25-30-19)12-4-3-5-14(8-12)31(20,27)28/h3-10H,11H2,2H3,(H2,20,27,28). The van der Waals surface area contributed by atoms with Crippen LogP contribution in [0.2, 0.25) is 0 Å². The van der Waals surface area contributed by atoms with Crippen LogP contribution in [-0.2, 0) is 23.7 Å². The molecule has 0 atom stereocenters. The van der Waals surface area contributed by atoms with Gasteiger partial charge in [0.25, 0.3) is 5.89 Å². The number of nitrogens with zero attached hydrogens (tertiary/aromatic N) is 6. The minimum Gasteiger partial charge on any atom is -0.471 e. The van der Waals surface area contributed by atoms with Crippen molar-refractivity contribution in [2.24, 2.45) is 12.2 Å². The van der Waals surface area contributed by atoms with E-state index in [0.717, 1.165) is 0 Å². The van der Waals surface area contributed by atoms with Gasteiger partial charge < -0.3 is 9.26 Å². The van der Waals surface area contributed by atoms with E-state index in [2.05, 4.69) is 25.1 Å². The predicted molar refractivity (Wildman–Crippen MR) is 108 cm³/mol. The Labute approximate surface area is 177 Å². The summed E-state index contributed by atoms with van der Waals surface area (Å²) in [6.07, 6.45) is 2.98. The molecular weight excluding hydrogens is 422 g/mol. The van der Waals surface area contributed by atoms with E-state index < -0.39 is 10.0 Å². The molecule has 0 bridgehead atoms. The van der Waals surface area contributed by atoms with Gasteiger partial charge in [-0.2, -0.15) is 10.1 Å². The van der Waals surface area contributed by atoms with Gasteiger partial charge in [-0.05, 0) is 24.3 Å². The van der Waals surface area contributed by atoms with Crippen LogP contribution in [0, 0.1) is 6.57 Å². The number of aryl methyl sites for hydroxylation is 1. The number of pyridine rings is 1. The summed E-state index contributed by atoms with van der Waals surface area (Å²) >= 11 is 0. The summed E-state index contributed by atoms with van der Waals surface area (Å²) in [6.45, 7) is 7.08. The van der Waals surface area contributed by atoms with Gasteiger partial charge in [0.2, 0.25) is 27.4 Å². The van der Waals surface area contributed by atoms with Crippen LogP contribution in [0.15, 0.2) is 58.2 Å². The minimum atomic E-state index is -3.86. The maximum absolute atomic E-state index is 11.6. The fraction of sp³-hybridized carbons (Fsp3) is 0.105. The molecule has 11 nitrogen and oxygen atoms in total. The van der Waals surface area contributed by atoms with E-state index in [9.17, 15) is 8.42 Å². The van der Waals surface area contributed by atoms with Crippen LogP contribution < -0.4 is 9.88 Å². The number of hydrogen-bond acceptors (Lipinski definition) is 8. The highest BCUT2D eigenvalue weighted by atomic mass is 32.2. The van der Waals surface area contributed by atoms with Crippen molar-refractivity contribution in [2.45, 2.75) is 11.5 Å². The number of hydrogen-bond donors (Lipinski definition) is 1. The minimum absolute atomic E-state index is 0.0523. The first kappa shape index (κ1) is 20.2. The largest absolute Gasteiger partial charge is 0.471 e. The summed E-state index contributed by atoms with van der Waals surface area (Å²) in [5.41, 5.74) is 2.07. The number of primary sulfonamides is 1. The molecule has 0 spiro atoms. The molecule has 2 N–H and O–H groups in total. The molecule has 0 aliphatic rings. The molecule has 1 aromatic carbocycles. The summed E-state index contributed by atoms with van der Waals surface area (Å²) in [6, 6.07) is 9.16. The monoisotopic (exact) mass is 437 g/mol. The van der Waals surface area contributed by atoms with E-state index in [0.29, 0.717) is 28.4 Å². The van der Waals surface area contributed by atoms with Crippen LogP contribution in [0.1, 0.15) is 5.69 Å². The molecule has 0 radical (unpaired) electrons. The third kappa shape index (κ3) is 4.27. The second kappa shape index (κ2) is 7.98. The molecule has 3 aromatic heterocycles. The van der Waals surface area contributed by atoms with Gasteiger partial charge >= 0.3 is 0 Å². The first-order valence-corrected chi connectivity index (χ1v) is 10.3. The summed E-state index contributed by atoms with van der Waals surface area (Å²) in [7, 11) is -2.12. The number of rotatable bonds is 6. The molecule has 0 saturated heterocycles. The number of nitrogens with two attached hydrogens (primary N) is 1. The molecule has 31 heavy (non-hydrogen) atoms. The Kier molecular flexibility index (Phi) is 5.20. The molecule has 4 rings (SSSR count). The third-order valence-electron chi connectivity index (χ3n) is 4.35. The van der Waals surface area contributed by atoms with Gasteiger partial charge in [-0.3, -0.25) is 4.68 Å². The molecule has 3 heterocycles. The first-order valence-electron chi connectivity index (χ1n) is 8.79. The summed E-state index contributed by atoms with van der Waals surface area (Å²) in [4.78, 5) is 11.7. The molecule has 0 unspecified atom stereocenters. The smallest absolute Gasteiger partial charge is 0.261 e. The van der Waals surface area contributed by atoms with Gasteiger partial charge in [0.1, 0.15) is 6.61 Å². The van der Waals surface area contributed by atoms with Gasteiger partial charge in [0.05, 0.1) is 28.9 Å². The quantitative estimate of drug-likeness (QED) is 0.453. The number of benzene rings is 1. The van der Waals surface area contributed by atoms with E-state index >= 15 is 0 Å². The average molecular weight is 437 g/mol. The molecule has 0 fully saturated rings. The SMILES string of the molecule is [C-]#[N+]c1ccc(OCc2c(-c3nc(-c4cccc(S(N)(=O)=O)c4)no3)cnn2C)nc1. The molecule has 12 heteroatoms. The second-order valence-corrected chi connectivity index (χ2v) is 7.94. The highest BCUT2D eigenvalue weighted by Crippen LogP contribution is 2.27. The van der Waals surface area contributed by atoms with Gasteiger partial charge in [-0.25, -0.2) is 23.4 Å². The van der Waals surface area contributed by atoms with Crippen molar-refractivity contribution in [2.75, 3.05) is 0 Å². The van der Waals surface area contributed by atoms with Gasteiger partial charge in [0.15, 0.2) is 0 Å². The Morgan fingerprint density at radius 2 is 2.10 bits per heavy atom.